The average Bonchev–Trinajstić information content (AvgIpc) is 2.75. The van der Waals surface area contributed by atoms with Crippen LogP contribution in [0.25, 0.3) is 16.6 Å². The van der Waals surface area contributed by atoms with Crippen LogP contribution in [0.1, 0.15) is 5.69 Å². The minimum atomic E-state index is 0.729. The van der Waals surface area contributed by atoms with Crippen molar-refractivity contribution in [1.29, 1.82) is 0 Å². The second-order valence-corrected chi connectivity index (χ2v) is 4.47. The van der Waals surface area contributed by atoms with E-state index < -0.39 is 0 Å². The summed E-state index contributed by atoms with van der Waals surface area (Å²) in [6.07, 6.45) is 0. The second-order valence-electron chi connectivity index (χ2n) is 4.47. The number of ether oxygens (including phenoxy) is 1. The maximum atomic E-state index is 5.79. The number of aromatic nitrogens is 2. The van der Waals surface area contributed by atoms with E-state index in [0.29, 0.717) is 0 Å². The van der Waals surface area contributed by atoms with E-state index in [9.17, 15) is 0 Å². The highest BCUT2D eigenvalue weighted by molar-refractivity contribution is 5.84. The number of benzene rings is 2. The van der Waals surface area contributed by atoms with E-state index >= 15 is 0 Å². The molecule has 96 valence electrons. The van der Waals surface area contributed by atoms with E-state index in [-0.39, 0.29) is 0 Å². The summed E-state index contributed by atoms with van der Waals surface area (Å²) in [5.74, 6) is 0.836. The van der Waals surface area contributed by atoms with Crippen LogP contribution in [0.5, 0.6) is 5.75 Å². The fraction of sp³-hybridized carbons (Fsp3) is 0.133. The smallest absolute Gasteiger partial charge is 0.119 e. The largest absolute Gasteiger partial charge is 0.497 e. The molecule has 0 bridgehead atoms. The monoisotopic (exact) mass is 253 g/mol. The van der Waals surface area contributed by atoms with Crippen molar-refractivity contribution in [3.63, 3.8) is 0 Å². The standard InChI is InChI=1S/C15H15N3O/c1-10-14-8-3-11(16)9-15(14)17-18(10)12-4-6-13(19-2)7-5-12/h3-9H,16H2,1-2H3. The van der Waals surface area contributed by atoms with Crippen LogP contribution in [0, 0.1) is 6.92 Å². The Hall–Kier alpha value is -2.49. The third kappa shape index (κ3) is 1.91. The van der Waals surface area contributed by atoms with Gasteiger partial charge in [-0.25, -0.2) is 4.68 Å². The summed E-state index contributed by atoms with van der Waals surface area (Å²) in [7, 11) is 1.66. The number of methoxy groups -OCH3 is 1. The lowest BCUT2D eigenvalue weighted by Crippen LogP contribution is -1.98. The quantitative estimate of drug-likeness (QED) is 0.714. The summed E-state index contributed by atoms with van der Waals surface area (Å²) in [4.78, 5) is 0. The lowest BCUT2D eigenvalue weighted by molar-refractivity contribution is 0.414. The van der Waals surface area contributed by atoms with Gasteiger partial charge in [-0.3, -0.25) is 0 Å². The molecule has 0 atom stereocenters. The summed E-state index contributed by atoms with van der Waals surface area (Å²) in [6, 6.07) is 13.6. The Bertz CT molecular complexity index is 729. The van der Waals surface area contributed by atoms with E-state index in [1.165, 1.54) is 0 Å². The molecule has 1 aromatic heterocycles. The van der Waals surface area contributed by atoms with Crippen LogP contribution >= 0.6 is 0 Å². The molecule has 4 heteroatoms. The molecule has 0 radical (unpaired) electrons. The van der Waals surface area contributed by atoms with E-state index in [4.69, 9.17) is 10.5 Å². The van der Waals surface area contributed by atoms with Gasteiger partial charge in [-0.1, -0.05) is 0 Å². The predicted molar refractivity (Wildman–Crippen MR) is 76.8 cm³/mol. The third-order valence-corrected chi connectivity index (χ3v) is 3.25. The molecule has 0 spiro atoms. The van der Waals surface area contributed by atoms with E-state index in [1.807, 2.05) is 47.1 Å². The Labute approximate surface area is 111 Å². The molecule has 1 heterocycles. The Kier molecular flexibility index (Phi) is 2.63. The van der Waals surface area contributed by atoms with Crippen LogP contribution in [-0.4, -0.2) is 16.9 Å². The first-order chi connectivity index (χ1) is 9.19. The van der Waals surface area contributed by atoms with Gasteiger partial charge in [-0.2, -0.15) is 5.10 Å². The molecule has 4 nitrogen and oxygen atoms in total. The maximum Gasteiger partial charge on any atom is 0.119 e. The van der Waals surface area contributed by atoms with Crippen molar-refractivity contribution in [2.24, 2.45) is 0 Å². The van der Waals surface area contributed by atoms with Gasteiger partial charge < -0.3 is 10.5 Å². The first-order valence-corrected chi connectivity index (χ1v) is 6.08. The zero-order valence-corrected chi connectivity index (χ0v) is 10.9. The van der Waals surface area contributed by atoms with Gasteiger partial charge in [0.25, 0.3) is 0 Å². The molecular weight excluding hydrogens is 238 g/mol. The van der Waals surface area contributed by atoms with Crippen molar-refractivity contribution >= 4 is 16.6 Å². The summed E-state index contributed by atoms with van der Waals surface area (Å²) >= 11 is 0. The summed E-state index contributed by atoms with van der Waals surface area (Å²) in [5, 5.41) is 5.71. The van der Waals surface area contributed by atoms with Gasteiger partial charge in [0, 0.05) is 16.8 Å². The molecule has 3 rings (SSSR count). The van der Waals surface area contributed by atoms with Gasteiger partial charge in [0.2, 0.25) is 0 Å². The lowest BCUT2D eigenvalue weighted by Gasteiger charge is -2.05. The van der Waals surface area contributed by atoms with Crippen LogP contribution in [0.15, 0.2) is 42.5 Å². The molecule has 0 aliphatic rings. The number of hydrogen-bond acceptors (Lipinski definition) is 3. The van der Waals surface area contributed by atoms with Crippen LogP contribution in [-0.2, 0) is 0 Å². The first kappa shape index (κ1) is 11.6. The molecule has 0 saturated heterocycles. The number of nitrogens with zero attached hydrogens (tertiary/aromatic N) is 2. The summed E-state index contributed by atoms with van der Waals surface area (Å²) in [6.45, 7) is 2.05. The van der Waals surface area contributed by atoms with Gasteiger partial charge in [0.1, 0.15) is 5.75 Å². The molecule has 3 aromatic rings. The van der Waals surface area contributed by atoms with Crippen LogP contribution in [0.2, 0.25) is 0 Å². The third-order valence-electron chi connectivity index (χ3n) is 3.25. The molecule has 0 fully saturated rings. The van der Waals surface area contributed by atoms with Crippen molar-refractivity contribution < 1.29 is 4.74 Å². The predicted octanol–water partition coefficient (Wildman–Crippen LogP) is 2.92. The molecule has 19 heavy (non-hydrogen) atoms. The number of nitrogen functional groups attached to an aromatic ring is 1. The highest BCUT2D eigenvalue weighted by Gasteiger charge is 2.09. The van der Waals surface area contributed by atoms with Crippen molar-refractivity contribution in [2.75, 3.05) is 12.8 Å². The zero-order chi connectivity index (χ0) is 13.4. The first-order valence-electron chi connectivity index (χ1n) is 6.08. The highest BCUT2D eigenvalue weighted by Crippen LogP contribution is 2.23. The molecule has 0 aliphatic heterocycles. The van der Waals surface area contributed by atoms with E-state index in [2.05, 4.69) is 12.0 Å². The Morgan fingerprint density at radius 2 is 1.84 bits per heavy atom. The summed E-state index contributed by atoms with van der Waals surface area (Å²) < 4.78 is 7.08. The number of rotatable bonds is 2. The number of fused-ring (bicyclic) bond motifs is 1. The van der Waals surface area contributed by atoms with Gasteiger partial charge in [-0.15, -0.1) is 0 Å². The SMILES string of the molecule is COc1ccc(-n2nc3cc(N)ccc3c2C)cc1. The van der Waals surface area contributed by atoms with E-state index in [1.54, 1.807) is 7.11 Å². The molecule has 2 aromatic carbocycles. The van der Waals surface area contributed by atoms with Gasteiger partial charge >= 0.3 is 0 Å². The minimum Gasteiger partial charge on any atom is -0.497 e. The number of nitrogens with two attached hydrogens (primary N) is 1. The van der Waals surface area contributed by atoms with Gasteiger partial charge in [-0.05, 0) is 49.4 Å². The number of hydrogen-bond donors (Lipinski definition) is 1. The van der Waals surface area contributed by atoms with Crippen molar-refractivity contribution in [3.8, 4) is 11.4 Å². The Balaban J connectivity index is 2.15. The van der Waals surface area contributed by atoms with Crippen LogP contribution < -0.4 is 10.5 Å². The van der Waals surface area contributed by atoms with Crippen LogP contribution in [0.4, 0.5) is 5.69 Å². The number of anilines is 1. The maximum absolute atomic E-state index is 5.79. The molecule has 2 N–H and O–H groups in total. The fourth-order valence-electron chi connectivity index (χ4n) is 2.21. The minimum absolute atomic E-state index is 0.729. The topological polar surface area (TPSA) is 53.1 Å². The van der Waals surface area contributed by atoms with Gasteiger partial charge in [0.15, 0.2) is 0 Å². The molecular formula is C15H15N3O. The molecule has 0 aliphatic carbocycles. The number of aryl methyl sites for hydroxylation is 1. The average molecular weight is 253 g/mol. The Morgan fingerprint density at radius 1 is 1.11 bits per heavy atom. The van der Waals surface area contributed by atoms with Crippen molar-refractivity contribution in [1.82, 2.24) is 9.78 Å². The molecule has 0 unspecified atom stereocenters. The van der Waals surface area contributed by atoms with Crippen molar-refractivity contribution in [2.45, 2.75) is 6.92 Å². The van der Waals surface area contributed by atoms with Crippen LogP contribution in [0.3, 0.4) is 0 Å². The zero-order valence-electron chi connectivity index (χ0n) is 10.9. The molecule has 0 saturated carbocycles. The lowest BCUT2D eigenvalue weighted by atomic mass is 10.2. The Morgan fingerprint density at radius 3 is 2.53 bits per heavy atom. The molecule has 0 amide bonds. The normalized spacial score (nSPS) is 10.8. The van der Waals surface area contributed by atoms with Crippen molar-refractivity contribution in [3.05, 3.63) is 48.2 Å². The fourth-order valence-corrected chi connectivity index (χ4v) is 2.21. The highest BCUT2D eigenvalue weighted by atomic mass is 16.5. The van der Waals surface area contributed by atoms with Gasteiger partial charge in [0.05, 0.1) is 18.3 Å². The van der Waals surface area contributed by atoms with E-state index in [0.717, 1.165) is 33.7 Å². The summed E-state index contributed by atoms with van der Waals surface area (Å²) in [5.41, 5.74) is 9.54. The second kappa shape index (κ2) is 4.31.